The SMILES string of the molecule is CC(=O)c1ccc(C(=O)NC(C)c2ccc(Cl)cc2Cl)s1. The maximum atomic E-state index is 12.2. The quantitative estimate of drug-likeness (QED) is 0.815. The van der Waals surface area contributed by atoms with Gasteiger partial charge in [-0.3, -0.25) is 9.59 Å². The highest BCUT2D eigenvalue weighted by Crippen LogP contribution is 2.26. The van der Waals surface area contributed by atoms with E-state index in [4.69, 9.17) is 23.2 Å². The maximum Gasteiger partial charge on any atom is 0.261 e. The molecule has 1 aromatic carbocycles. The average Bonchev–Trinajstić information content (AvgIpc) is 2.88. The molecule has 0 spiro atoms. The van der Waals surface area contributed by atoms with Gasteiger partial charge < -0.3 is 5.32 Å². The maximum absolute atomic E-state index is 12.2. The first-order valence-electron chi connectivity index (χ1n) is 6.25. The third kappa shape index (κ3) is 3.84. The molecule has 0 radical (unpaired) electrons. The van der Waals surface area contributed by atoms with E-state index in [-0.39, 0.29) is 17.7 Å². The van der Waals surface area contributed by atoms with Crippen molar-refractivity contribution in [2.24, 2.45) is 0 Å². The van der Waals surface area contributed by atoms with E-state index in [1.807, 2.05) is 6.92 Å². The number of Topliss-reactive ketones (excluding diaryl/α,β-unsaturated/α-hetero) is 1. The van der Waals surface area contributed by atoms with Crippen molar-refractivity contribution in [3.63, 3.8) is 0 Å². The van der Waals surface area contributed by atoms with Crippen molar-refractivity contribution < 1.29 is 9.59 Å². The number of rotatable bonds is 4. The Morgan fingerprint density at radius 1 is 1.14 bits per heavy atom. The first kappa shape index (κ1) is 16.0. The summed E-state index contributed by atoms with van der Waals surface area (Å²) in [6.07, 6.45) is 0. The highest BCUT2D eigenvalue weighted by atomic mass is 35.5. The van der Waals surface area contributed by atoms with Gasteiger partial charge in [-0.05, 0) is 43.7 Å². The van der Waals surface area contributed by atoms with Gasteiger partial charge in [-0.25, -0.2) is 0 Å². The highest BCUT2D eigenvalue weighted by molar-refractivity contribution is 7.15. The van der Waals surface area contributed by atoms with Crippen LogP contribution in [0.2, 0.25) is 10.0 Å². The summed E-state index contributed by atoms with van der Waals surface area (Å²) < 4.78 is 0. The molecule has 1 atom stereocenters. The third-order valence-corrected chi connectivity index (χ3v) is 4.70. The lowest BCUT2D eigenvalue weighted by molar-refractivity contribution is 0.0943. The van der Waals surface area contributed by atoms with E-state index in [1.165, 1.54) is 18.3 Å². The molecule has 6 heteroatoms. The Labute approximate surface area is 136 Å². The number of thiophene rings is 1. The fraction of sp³-hybridized carbons (Fsp3) is 0.200. The van der Waals surface area contributed by atoms with E-state index >= 15 is 0 Å². The van der Waals surface area contributed by atoms with Crippen molar-refractivity contribution in [3.05, 3.63) is 55.7 Å². The van der Waals surface area contributed by atoms with Gasteiger partial charge in [-0.1, -0.05) is 29.3 Å². The van der Waals surface area contributed by atoms with Crippen LogP contribution in [-0.2, 0) is 0 Å². The zero-order chi connectivity index (χ0) is 15.6. The fourth-order valence-electron chi connectivity index (χ4n) is 1.85. The Bertz CT molecular complexity index is 697. The minimum Gasteiger partial charge on any atom is -0.345 e. The van der Waals surface area contributed by atoms with Gasteiger partial charge in [0.05, 0.1) is 15.8 Å². The molecule has 0 bridgehead atoms. The molecule has 0 saturated heterocycles. The lowest BCUT2D eigenvalue weighted by atomic mass is 10.1. The molecule has 21 heavy (non-hydrogen) atoms. The lowest BCUT2D eigenvalue weighted by Gasteiger charge is -2.15. The number of carbonyl (C=O) groups excluding carboxylic acids is 2. The van der Waals surface area contributed by atoms with Gasteiger partial charge in [0.25, 0.3) is 5.91 Å². The summed E-state index contributed by atoms with van der Waals surface area (Å²) in [4.78, 5) is 24.5. The van der Waals surface area contributed by atoms with E-state index in [0.29, 0.717) is 19.8 Å². The molecule has 1 heterocycles. The molecule has 0 fully saturated rings. The summed E-state index contributed by atoms with van der Waals surface area (Å²) >= 11 is 13.2. The largest absolute Gasteiger partial charge is 0.345 e. The number of benzene rings is 1. The van der Waals surface area contributed by atoms with Crippen LogP contribution in [0.15, 0.2) is 30.3 Å². The van der Waals surface area contributed by atoms with Crippen molar-refractivity contribution in [3.8, 4) is 0 Å². The monoisotopic (exact) mass is 341 g/mol. The van der Waals surface area contributed by atoms with Gasteiger partial charge in [0.1, 0.15) is 0 Å². The van der Waals surface area contributed by atoms with E-state index in [2.05, 4.69) is 5.32 Å². The van der Waals surface area contributed by atoms with Crippen molar-refractivity contribution in [2.45, 2.75) is 19.9 Å². The Morgan fingerprint density at radius 3 is 2.38 bits per heavy atom. The smallest absolute Gasteiger partial charge is 0.261 e. The number of amides is 1. The predicted molar refractivity (Wildman–Crippen MR) is 86.7 cm³/mol. The van der Waals surface area contributed by atoms with Gasteiger partial charge in [0, 0.05) is 10.0 Å². The van der Waals surface area contributed by atoms with E-state index in [1.54, 1.807) is 30.3 Å². The molecule has 0 aliphatic heterocycles. The number of hydrogen-bond acceptors (Lipinski definition) is 3. The van der Waals surface area contributed by atoms with Gasteiger partial charge in [-0.15, -0.1) is 11.3 Å². The topological polar surface area (TPSA) is 46.2 Å². The van der Waals surface area contributed by atoms with Crippen molar-refractivity contribution in [1.29, 1.82) is 0 Å². The second-order valence-electron chi connectivity index (χ2n) is 4.58. The fourth-order valence-corrected chi connectivity index (χ4v) is 3.22. The molecule has 1 unspecified atom stereocenters. The molecular formula is C15H13Cl2NO2S. The summed E-state index contributed by atoms with van der Waals surface area (Å²) in [5, 5.41) is 3.91. The average molecular weight is 342 g/mol. The highest BCUT2D eigenvalue weighted by Gasteiger charge is 2.16. The first-order chi connectivity index (χ1) is 9.88. The molecule has 0 aliphatic rings. The first-order valence-corrected chi connectivity index (χ1v) is 7.82. The van der Waals surface area contributed by atoms with Gasteiger partial charge in [0.2, 0.25) is 0 Å². The van der Waals surface area contributed by atoms with Crippen molar-refractivity contribution in [1.82, 2.24) is 5.32 Å². The predicted octanol–water partition coefficient (Wildman–Crippen LogP) is 4.75. The lowest BCUT2D eigenvalue weighted by Crippen LogP contribution is -2.26. The molecule has 1 aromatic heterocycles. The summed E-state index contributed by atoms with van der Waals surface area (Å²) in [5.41, 5.74) is 0.790. The van der Waals surface area contributed by atoms with Crippen LogP contribution < -0.4 is 5.32 Å². The Kier molecular flexibility index (Phi) is 5.04. The second kappa shape index (κ2) is 6.60. The number of ketones is 1. The molecule has 2 rings (SSSR count). The van der Waals surface area contributed by atoms with Crippen LogP contribution in [0.25, 0.3) is 0 Å². The van der Waals surface area contributed by atoms with Gasteiger partial charge in [0.15, 0.2) is 5.78 Å². The van der Waals surface area contributed by atoms with Crippen LogP contribution in [0, 0.1) is 0 Å². The van der Waals surface area contributed by atoms with Gasteiger partial charge in [-0.2, -0.15) is 0 Å². The van der Waals surface area contributed by atoms with E-state index in [0.717, 1.165) is 5.56 Å². The number of carbonyl (C=O) groups is 2. The Morgan fingerprint density at radius 2 is 1.81 bits per heavy atom. The summed E-state index contributed by atoms with van der Waals surface area (Å²) in [6.45, 7) is 3.32. The van der Waals surface area contributed by atoms with Crippen LogP contribution >= 0.6 is 34.5 Å². The molecular weight excluding hydrogens is 329 g/mol. The molecule has 1 amide bonds. The standard InChI is InChI=1S/C15H13Cl2NO2S/c1-8(11-4-3-10(16)7-12(11)17)18-15(20)14-6-5-13(21-14)9(2)19/h3-8H,1-2H3,(H,18,20). The zero-order valence-corrected chi connectivity index (χ0v) is 13.8. The van der Waals surface area contributed by atoms with E-state index in [9.17, 15) is 9.59 Å². The number of nitrogens with one attached hydrogen (secondary N) is 1. The number of halogens is 2. The summed E-state index contributed by atoms with van der Waals surface area (Å²) in [5.74, 6) is -0.279. The molecule has 110 valence electrons. The van der Waals surface area contributed by atoms with Crippen LogP contribution in [0.3, 0.4) is 0 Å². The Hall–Kier alpha value is -1.36. The second-order valence-corrected chi connectivity index (χ2v) is 6.51. The van der Waals surface area contributed by atoms with Crippen LogP contribution in [0.5, 0.6) is 0 Å². The molecule has 0 aliphatic carbocycles. The molecule has 3 nitrogen and oxygen atoms in total. The van der Waals surface area contributed by atoms with Gasteiger partial charge >= 0.3 is 0 Å². The molecule has 2 aromatic rings. The molecule has 1 N–H and O–H groups in total. The minimum absolute atomic E-state index is 0.0483. The molecule has 0 saturated carbocycles. The van der Waals surface area contributed by atoms with Crippen molar-refractivity contribution in [2.75, 3.05) is 0 Å². The summed E-state index contributed by atoms with van der Waals surface area (Å²) in [7, 11) is 0. The summed E-state index contributed by atoms with van der Waals surface area (Å²) in [6, 6.07) is 8.19. The van der Waals surface area contributed by atoms with Crippen LogP contribution in [-0.4, -0.2) is 11.7 Å². The Balaban J connectivity index is 2.12. The minimum atomic E-state index is -0.259. The van der Waals surface area contributed by atoms with E-state index < -0.39 is 0 Å². The van der Waals surface area contributed by atoms with Crippen LogP contribution in [0.1, 0.15) is 44.8 Å². The van der Waals surface area contributed by atoms with Crippen molar-refractivity contribution >= 4 is 46.2 Å². The number of hydrogen-bond donors (Lipinski definition) is 1. The normalized spacial score (nSPS) is 12.0. The zero-order valence-electron chi connectivity index (χ0n) is 11.4. The van der Waals surface area contributed by atoms with Crippen LogP contribution in [0.4, 0.5) is 0 Å². The third-order valence-electron chi connectivity index (χ3n) is 2.95.